The summed E-state index contributed by atoms with van der Waals surface area (Å²) < 4.78 is 0. The van der Waals surface area contributed by atoms with Crippen molar-refractivity contribution in [2.75, 3.05) is 33.2 Å². The number of likely N-dealkylation sites (tertiary alicyclic amines) is 1. The lowest BCUT2D eigenvalue weighted by molar-refractivity contribution is -0.132. The first-order valence-electron chi connectivity index (χ1n) is 8.01. The molecule has 1 aromatic carbocycles. The fraction of sp³-hybridized carbons (Fsp3) is 0.588. The molecule has 0 aliphatic carbocycles. The molecule has 1 N–H and O–H groups in total. The number of rotatable bonds is 4. The van der Waals surface area contributed by atoms with Gasteiger partial charge < -0.3 is 15.1 Å². The van der Waals surface area contributed by atoms with E-state index in [1.54, 1.807) is 0 Å². The number of benzene rings is 1. The monoisotopic (exact) mass is 287 g/mol. The van der Waals surface area contributed by atoms with Gasteiger partial charge in [-0.1, -0.05) is 24.3 Å². The highest BCUT2D eigenvalue weighted by atomic mass is 16.2. The van der Waals surface area contributed by atoms with Gasteiger partial charge in [0, 0.05) is 26.7 Å². The van der Waals surface area contributed by atoms with Crippen molar-refractivity contribution in [3.8, 4) is 0 Å². The molecule has 1 amide bonds. The molecule has 21 heavy (non-hydrogen) atoms. The molecular formula is C17H25N3O. The number of amides is 1. The maximum Gasteiger partial charge on any atom is 0.239 e. The van der Waals surface area contributed by atoms with E-state index in [1.807, 2.05) is 11.9 Å². The van der Waals surface area contributed by atoms with Crippen molar-refractivity contribution in [1.82, 2.24) is 15.1 Å². The second-order valence-corrected chi connectivity index (χ2v) is 6.21. The quantitative estimate of drug-likeness (QED) is 0.905. The van der Waals surface area contributed by atoms with Gasteiger partial charge in [0.25, 0.3) is 0 Å². The van der Waals surface area contributed by atoms with Crippen molar-refractivity contribution in [1.29, 1.82) is 0 Å². The first-order valence-corrected chi connectivity index (χ1v) is 8.01. The number of fused-ring (bicyclic) bond motifs is 1. The van der Waals surface area contributed by atoms with E-state index in [0.29, 0.717) is 0 Å². The molecule has 1 atom stereocenters. The molecule has 0 saturated carbocycles. The summed E-state index contributed by atoms with van der Waals surface area (Å²) >= 11 is 0. The van der Waals surface area contributed by atoms with Crippen molar-refractivity contribution in [2.24, 2.45) is 0 Å². The molecule has 1 fully saturated rings. The van der Waals surface area contributed by atoms with E-state index in [1.165, 1.54) is 37.1 Å². The lowest BCUT2D eigenvalue weighted by Crippen LogP contribution is -2.49. The third-order valence-corrected chi connectivity index (χ3v) is 4.71. The van der Waals surface area contributed by atoms with Crippen LogP contribution in [0.5, 0.6) is 0 Å². The fourth-order valence-electron chi connectivity index (χ4n) is 3.30. The van der Waals surface area contributed by atoms with Gasteiger partial charge in [0.05, 0.1) is 6.04 Å². The fourth-order valence-corrected chi connectivity index (χ4v) is 3.30. The third-order valence-electron chi connectivity index (χ3n) is 4.71. The highest BCUT2D eigenvalue weighted by molar-refractivity contribution is 5.82. The molecule has 4 nitrogen and oxygen atoms in total. The zero-order chi connectivity index (χ0) is 14.7. The number of nitrogens with one attached hydrogen (secondary N) is 1. The summed E-state index contributed by atoms with van der Waals surface area (Å²) in [4.78, 5) is 16.9. The first kappa shape index (κ1) is 14.5. The van der Waals surface area contributed by atoms with Crippen molar-refractivity contribution in [3.63, 3.8) is 0 Å². The molecule has 114 valence electrons. The molecule has 0 bridgehead atoms. The Bertz CT molecular complexity index is 497. The van der Waals surface area contributed by atoms with Crippen LogP contribution in [0.4, 0.5) is 0 Å². The van der Waals surface area contributed by atoms with Gasteiger partial charge in [-0.2, -0.15) is 0 Å². The number of hydrogen-bond acceptors (Lipinski definition) is 3. The van der Waals surface area contributed by atoms with Gasteiger partial charge in [0.15, 0.2) is 0 Å². The topological polar surface area (TPSA) is 35.6 Å². The van der Waals surface area contributed by atoms with Crippen LogP contribution in [0.1, 0.15) is 24.0 Å². The van der Waals surface area contributed by atoms with E-state index in [0.717, 1.165) is 26.1 Å². The van der Waals surface area contributed by atoms with Crippen LogP contribution >= 0.6 is 0 Å². The highest BCUT2D eigenvalue weighted by Gasteiger charge is 2.26. The summed E-state index contributed by atoms with van der Waals surface area (Å²) in [5, 5.41) is 3.38. The average Bonchev–Trinajstić information content (AvgIpc) is 3.05. The van der Waals surface area contributed by atoms with Crippen molar-refractivity contribution >= 4 is 5.91 Å². The Hall–Kier alpha value is -1.39. The van der Waals surface area contributed by atoms with Crippen molar-refractivity contribution in [3.05, 3.63) is 35.4 Å². The lowest BCUT2D eigenvalue weighted by Gasteiger charge is -2.30. The molecule has 0 spiro atoms. The Kier molecular flexibility index (Phi) is 4.56. The summed E-state index contributed by atoms with van der Waals surface area (Å²) in [6.07, 6.45) is 3.42. The van der Waals surface area contributed by atoms with E-state index in [2.05, 4.69) is 34.5 Å². The van der Waals surface area contributed by atoms with E-state index in [9.17, 15) is 4.79 Å². The molecule has 3 rings (SSSR count). The molecule has 1 aromatic rings. The summed E-state index contributed by atoms with van der Waals surface area (Å²) in [7, 11) is 1.93. The maximum atomic E-state index is 12.6. The van der Waals surface area contributed by atoms with Crippen LogP contribution in [0.2, 0.25) is 0 Å². The minimum absolute atomic E-state index is 0.0662. The van der Waals surface area contributed by atoms with Crippen molar-refractivity contribution < 1.29 is 4.79 Å². The van der Waals surface area contributed by atoms with Crippen LogP contribution in [0.3, 0.4) is 0 Å². The third kappa shape index (κ3) is 3.44. The molecular weight excluding hydrogens is 262 g/mol. The molecule has 2 heterocycles. The zero-order valence-electron chi connectivity index (χ0n) is 12.8. The number of likely N-dealkylation sites (N-methyl/N-ethyl adjacent to an activating group) is 1. The first-order chi connectivity index (χ1) is 10.2. The van der Waals surface area contributed by atoms with Crippen LogP contribution in [0.25, 0.3) is 0 Å². The van der Waals surface area contributed by atoms with E-state index in [4.69, 9.17) is 0 Å². The number of carbonyl (C=O) groups excluding carboxylic acids is 1. The lowest BCUT2D eigenvalue weighted by atomic mass is 9.95. The van der Waals surface area contributed by atoms with E-state index >= 15 is 0 Å². The molecule has 2 aliphatic rings. The molecule has 0 radical (unpaired) electrons. The highest BCUT2D eigenvalue weighted by Crippen LogP contribution is 2.17. The molecule has 2 aliphatic heterocycles. The molecule has 1 saturated heterocycles. The van der Waals surface area contributed by atoms with Crippen LogP contribution in [-0.2, 0) is 17.8 Å². The maximum absolute atomic E-state index is 12.6. The van der Waals surface area contributed by atoms with Gasteiger partial charge in [0.2, 0.25) is 5.91 Å². The number of nitrogens with zero attached hydrogens (tertiary/aromatic N) is 2. The Morgan fingerprint density at radius 1 is 1.29 bits per heavy atom. The predicted molar refractivity (Wildman–Crippen MR) is 84.1 cm³/mol. The minimum Gasteiger partial charge on any atom is -0.343 e. The van der Waals surface area contributed by atoms with Crippen LogP contribution < -0.4 is 5.32 Å². The second-order valence-electron chi connectivity index (χ2n) is 6.21. The van der Waals surface area contributed by atoms with Crippen LogP contribution in [0.15, 0.2) is 24.3 Å². The average molecular weight is 287 g/mol. The largest absolute Gasteiger partial charge is 0.343 e. The van der Waals surface area contributed by atoms with Gasteiger partial charge in [-0.25, -0.2) is 0 Å². The Labute approximate surface area is 127 Å². The minimum atomic E-state index is -0.0662. The van der Waals surface area contributed by atoms with Gasteiger partial charge >= 0.3 is 0 Å². The van der Waals surface area contributed by atoms with Crippen molar-refractivity contribution in [2.45, 2.75) is 31.8 Å². The van der Waals surface area contributed by atoms with Crippen LogP contribution in [0, 0.1) is 0 Å². The number of carbonyl (C=O) groups is 1. The van der Waals surface area contributed by atoms with Gasteiger partial charge in [-0.15, -0.1) is 0 Å². The molecule has 0 aromatic heterocycles. The predicted octanol–water partition coefficient (Wildman–Crippen LogP) is 1.26. The molecule has 4 heteroatoms. The van der Waals surface area contributed by atoms with Gasteiger partial charge in [0.1, 0.15) is 0 Å². The SMILES string of the molecule is CN(CCN1CCCC1)C(=O)C1Cc2ccccc2CN1. The summed E-state index contributed by atoms with van der Waals surface area (Å²) in [6.45, 7) is 5.02. The van der Waals surface area contributed by atoms with Gasteiger partial charge in [-0.3, -0.25) is 4.79 Å². The molecule has 1 unspecified atom stereocenters. The van der Waals surface area contributed by atoms with Gasteiger partial charge in [-0.05, 0) is 43.5 Å². The van der Waals surface area contributed by atoms with Crippen LogP contribution in [-0.4, -0.2) is 55.0 Å². The zero-order valence-corrected chi connectivity index (χ0v) is 12.8. The number of hydrogen-bond donors (Lipinski definition) is 1. The standard InChI is InChI=1S/C17H25N3O/c1-19(10-11-20-8-4-5-9-20)17(21)16-12-14-6-2-3-7-15(14)13-18-16/h2-3,6-7,16,18H,4-5,8-13H2,1H3. The summed E-state index contributed by atoms with van der Waals surface area (Å²) in [6, 6.07) is 8.33. The Morgan fingerprint density at radius 2 is 2.00 bits per heavy atom. The Morgan fingerprint density at radius 3 is 2.76 bits per heavy atom. The summed E-state index contributed by atoms with van der Waals surface area (Å²) in [5.41, 5.74) is 2.63. The second kappa shape index (κ2) is 6.58. The van der Waals surface area contributed by atoms with E-state index < -0.39 is 0 Å². The Balaban J connectivity index is 1.53. The summed E-state index contributed by atoms with van der Waals surface area (Å²) in [5.74, 6) is 0.226. The normalized spacial score (nSPS) is 22.0. The smallest absolute Gasteiger partial charge is 0.239 e. The van der Waals surface area contributed by atoms with E-state index in [-0.39, 0.29) is 11.9 Å².